The van der Waals surface area contributed by atoms with Crippen molar-refractivity contribution in [2.45, 2.75) is 149 Å². The average Bonchev–Trinajstić information content (AvgIpc) is 3.33. The van der Waals surface area contributed by atoms with Crippen molar-refractivity contribution in [3.8, 4) is 0 Å². The Morgan fingerprint density at radius 1 is 0.714 bits per heavy atom. The third kappa shape index (κ3) is 7.01. The van der Waals surface area contributed by atoms with Crippen molar-refractivity contribution in [1.29, 1.82) is 0 Å². The molecule has 28 heavy (non-hydrogen) atoms. The fraction of sp³-hybridized carbons (Fsp3) is 1.00. The van der Waals surface area contributed by atoms with Gasteiger partial charge in [-0.3, -0.25) is 0 Å². The highest BCUT2D eigenvalue weighted by atomic mass is 16.7. The van der Waals surface area contributed by atoms with Crippen LogP contribution >= 0.6 is 0 Å². The predicted molar refractivity (Wildman–Crippen MR) is 121 cm³/mol. The zero-order chi connectivity index (χ0) is 20.4. The van der Waals surface area contributed by atoms with Crippen LogP contribution < -0.4 is 0 Å². The lowest BCUT2D eigenvalue weighted by molar-refractivity contribution is -0.329. The Hall–Kier alpha value is -0.0800. The van der Waals surface area contributed by atoms with Gasteiger partial charge in [0.15, 0.2) is 5.79 Å². The summed E-state index contributed by atoms with van der Waals surface area (Å²) in [6.07, 6.45) is 20.9. The maximum Gasteiger partial charge on any atom is 0.174 e. The van der Waals surface area contributed by atoms with Gasteiger partial charge in [-0.25, -0.2) is 0 Å². The summed E-state index contributed by atoms with van der Waals surface area (Å²) < 4.78 is 13.8. The molecule has 0 spiro atoms. The second kappa shape index (κ2) is 12.6. The molecular weight excluding hydrogens is 344 g/mol. The minimum Gasteiger partial charge on any atom is -0.347 e. The molecule has 1 atom stereocenters. The van der Waals surface area contributed by atoms with Gasteiger partial charge >= 0.3 is 0 Å². The molecule has 0 bridgehead atoms. The van der Waals surface area contributed by atoms with Gasteiger partial charge in [0.2, 0.25) is 0 Å². The summed E-state index contributed by atoms with van der Waals surface area (Å²) in [4.78, 5) is 0. The van der Waals surface area contributed by atoms with Crippen LogP contribution in [0.1, 0.15) is 131 Å². The van der Waals surface area contributed by atoms with E-state index in [0.717, 1.165) is 5.92 Å². The van der Waals surface area contributed by atoms with E-state index in [2.05, 4.69) is 34.6 Å². The van der Waals surface area contributed by atoms with Crippen LogP contribution in [0.15, 0.2) is 0 Å². The monoisotopic (exact) mass is 394 g/mol. The molecule has 166 valence electrons. The molecular formula is C26H50O2. The molecule has 2 rings (SSSR count). The topological polar surface area (TPSA) is 18.5 Å². The number of unbranched alkanes of at least 4 members (excludes halogenated alkanes) is 5. The van der Waals surface area contributed by atoms with E-state index >= 15 is 0 Å². The summed E-state index contributed by atoms with van der Waals surface area (Å²) in [7, 11) is 0. The van der Waals surface area contributed by atoms with E-state index in [1.165, 1.54) is 96.3 Å². The van der Waals surface area contributed by atoms with Crippen molar-refractivity contribution in [3.05, 3.63) is 0 Å². The summed E-state index contributed by atoms with van der Waals surface area (Å²) in [5, 5.41) is 0. The maximum atomic E-state index is 6.88. The van der Waals surface area contributed by atoms with Gasteiger partial charge in [0.25, 0.3) is 0 Å². The molecule has 0 amide bonds. The Bertz CT molecular complexity index is 381. The lowest BCUT2D eigenvalue weighted by Gasteiger charge is -2.49. The van der Waals surface area contributed by atoms with Crippen molar-refractivity contribution in [2.75, 3.05) is 0 Å². The van der Waals surface area contributed by atoms with E-state index in [1.54, 1.807) is 0 Å². The van der Waals surface area contributed by atoms with Gasteiger partial charge in [0.05, 0.1) is 12.2 Å². The van der Waals surface area contributed by atoms with E-state index in [0.29, 0.717) is 11.8 Å². The molecule has 2 heteroatoms. The Labute approximate surface area is 176 Å². The molecule has 0 aromatic rings. The second-order valence-electron chi connectivity index (χ2n) is 10.2. The van der Waals surface area contributed by atoms with Crippen LogP contribution in [0.5, 0.6) is 0 Å². The summed E-state index contributed by atoms with van der Waals surface area (Å²) in [5.41, 5.74) is 0. The average molecular weight is 395 g/mol. The molecule has 2 nitrogen and oxygen atoms in total. The van der Waals surface area contributed by atoms with Gasteiger partial charge in [0.1, 0.15) is 0 Å². The first-order valence-corrected chi connectivity index (χ1v) is 12.8. The largest absolute Gasteiger partial charge is 0.347 e. The highest BCUT2D eigenvalue weighted by Crippen LogP contribution is 2.50. The highest BCUT2D eigenvalue weighted by Gasteiger charge is 2.52. The SMILES string of the molecule is CCCCCCCCC(C1CCCC1)C(OC(C)C)(OC(C)C)C1CCCC1. The minimum atomic E-state index is -0.350. The van der Waals surface area contributed by atoms with E-state index in [-0.39, 0.29) is 18.0 Å². The molecule has 0 radical (unpaired) electrons. The van der Waals surface area contributed by atoms with Gasteiger partial charge in [-0.05, 0) is 65.7 Å². The van der Waals surface area contributed by atoms with Gasteiger partial charge in [-0.15, -0.1) is 0 Å². The fourth-order valence-electron chi connectivity index (χ4n) is 6.03. The number of hydrogen-bond acceptors (Lipinski definition) is 2. The predicted octanol–water partition coefficient (Wildman–Crippen LogP) is 8.28. The summed E-state index contributed by atoms with van der Waals surface area (Å²) >= 11 is 0. The number of hydrogen-bond donors (Lipinski definition) is 0. The van der Waals surface area contributed by atoms with Gasteiger partial charge < -0.3 is 9.47 Å². The van der Waals surface area contributed by atoms with Crippen LogP contribution in [-0.4, -0.2) is 18.0 Å². The van der Waals surface area contributed by atoms with Crippen molar-refractivity contribution >= 4 is 0 Å². The Balaban J connectivity index is 2.19. The molecule has 0 aromatic carbocycles. The third-order valence-electron chi connectivity index (χ3n) is 7.12. The quantitative estimate of drug-likeness (QED) is 0.218. The van der Waals surface area contributed by atoms with Gasteiger partial charge in [-0.2, -0.15) is 0 Å². The third-order valence-corrected chi connectivity index (χ3v) is 7.12. The molecule has 0 aliphatic heterocycles. The van der Waals surface area contributed by atoms with Crippen LogP contribution in [0.2, 0.25) is 0 Å². The summed E-state index contributed by atoms with van der Waals surface area (Å²) in [6.45, 7) is 11.2. The Morgan fingerprint density at radius 2 is 1.21 bits per heavy atom. The molecule has 2 aliphatic carbocycles. The molecule has 2 aliphatic rings. The molecule has 2 fully saturated rings. The molecule has 2 saturated carbocycles. The van der Waals surface area contributed by atoms with Crippen LogP contribution in [0.4, 0.5) is 0 Å². The normalized spacial score (nSPS) is 20.7. The van der Waals surface area contributed by atoms with Crippen molar-refractivity contribution in [2.24, 2.45) is 17.8 Å². The second-order valence-corrected chi connectivity index (χ2v) is 10.2. The molecule has 0 heterocycles. The first-order valence-electron chi connectivity index (χ1n) is 12.8. The number of ether oxygens (including phenoxy) is 2. The molecule has 0 saturated heterocycles. The Morgan fingerprint density at radius 3 is 1.75 bits per heavy atom. The number of rotatable bonds is 14. The maximum absolute atomic E-state index is 6.88. The molecule has 0 aromatic heterocycles. The zero-order valence-corrected chi connectivity index (χ0v) is 19.8. The summed E-state index contributed by atoms with van der Waals surface area (Å²) in [6, 6.07) is 0. The smallest absolute Gasteiger partial charge is 0.174 e. The van der Waals surface area contributed by atoms with E-state index in [1.807, 2.05) is 0 Å². The lowest BCUT2D eigenvalue weighted by atomic mass is 9.74. The minimum absolute atomic E-state index is 0.229. The van der Waals surface area contributed by atoms with Crippen LogP contribution in [0, 0.1) is 17.8 Å². The lowest BCUT2D eigenvalue weighted by Crippen LogP contribution is -2.54. The Kier molecular flexibility index (Phi) is 10.9. The summed E-state index contributed by atoms with van der Waals surface area (Å²) in [5.74, 6) is 1.61. The first kappa shape index (κ1) is 24.2. The van der Waals surface area contributed by atoms with Gasteiger partial charge in [0, 0.05) is 11.8 Å². The van der Waals surface area contributed by atoms with E-state index in [4.69, 9.17) is 9.47 Å². The highest BCUT2D eigenvalue weighted by molar-refractivity contribution is 4.94. The van der Waals surface area contributed by atoms with Crippen molar-refractivity contribution in [3.63, 3.8) is 0 Å². The van der Waals surface area contributed by atoms with Crippen LogP contribution in [-0.2, 0) is 9.47 Å². The van der Waals surface area contributed by atoms with Crippen LogP contribution in [0.25, 0.3) is 0 Å². The standard InChI is InChI=1S/C26H50O2/c1-6-7-8-9-10-11-20-25(23-16-12-13-17-23)26(27-21(2)3,28-22(4)5)24-18-14-15-19-24/h21-25H,6-20H2,1-5H3. The van der Waals surface area contributed by atoms with E-state index < -0.39 is 0 Å². The van der Waals surface area contributed by atoms with E-state index in [9.17, 15) is 0 Å². The molecule has 1 unspecified atom stereocenters. The fourth-order valence-corrected chi connectivity index (χ4v) is 6.03. The zero-order valence-electron chi connectivity index (χ0n) is 19.8. The van der Waals surface area contributed by atoms with Gasteiger partial charge in [-0.1, -0.05) is 71.1 Å². The van der Waals surface area contributed by atoms with Crippen LogP contribution in [0.3, 0.4) is 0 Å². The first-order chi connectivity index (χ1) is 13.5. The van der Waals surface area contributed by atoms with Crippen molar-refractivity contribution < 1.29 is 9.47 Å². The molecule has 0 N–H and O–H groups in total. The van der Waals surface area contributed by atoms with Crippen molar-refractivity contribution in [1.82, 2.24) is 0 Å².